The summed E-state index contributed by atoms with van der Waals surface area (Å²) in [6, 6.07) is 0.637. The number of rotatable bonds is 5. The van der Waals surface area contributed by atoms with E-state index in [0.29, 0.717) is 12.1 Å². The molecule has 100 valence electrons. The van der Waals surface area contributed by atoms with Gasteiger partial charge in [-0.15, -0.1) is 0 Å². The maximum Gasteiger partial charge on any atom is 0.0697 e. The highest BCUT2D eigenvalue weighted by Crippen LogP contribution is 2.39. The van der Waals surface area contributed by atoms with Crippen LogP contribution in [0.5, 0.6) is 0 Å². The molecule has 1 N–H and O–H groups in total. The first-order chi connectivity index (χ1) is 8.20. The summed E-state index contributed by atoms with van der Waals surface area (Å²) in [5, 5.41) is 3.62. The minimum atomic E-state index is 0.231. The van der Waals surface area contributed by atoms with Gasteiger partial charge in [-0.1, -0.05) is 12.8 Å². The van der Waals surface area contributed by atoms with Gasteiger partial charge in [-0.25, -0.2) is 0 Å². The number of nitrogens with one attached hydrogen (secondary N) is 1. The molecule has 0 aromatic heterocycles. The first-order valence-electron chi connectivity index (χ1n) is 7.19. The molecule has 0 amide bonds. The molecule has 0 radical (unpaired) electrons. The van der Waals surface area contributed by atoms with Gasteiger partial charge in [0.25, 0.3) is 0 Å². The Bertz CT molecular complexity index is 224. The van der Waals surface area contributed by atoms with E-state index in [-0.39, 0.29) is 5.60 Å². The van der Waals surface area contributed by atoms with Crippen molar-refractivity contribution in [2.75, 3.05) is 19.8 Å². The highest BCUT2D eigenvalue weighted by molar-refractivity contribution is 4.93. The predicted molar refractivity (Wildman–Crippen MR) is 69.3 cm³/mol. The summed E-state index contributed by atoms with van der Waals surface area (Å²) in [5.74, 6) is 0. The SMILES string of the molecule is CC(C)OCCNC1CCOC2(CCCC2)C1. The molecule has 1 saturated heterocycles. The lowest BCUT2D eigenvalue weighted by Gasteiger charge is -2.38. The van der Waals surface area contributed by atoms with Crippen LogP contribution in [0.4, 0.5) is 0 Å². The minimum Gasteiger partial charge on any atom is -0.377 e. The Hall–Kier alpha value is -0.120. The average molecular weight is 241 g/mol. The summed E-state index contributed by atoms with van der Waals surface area (Å²) in [6.45, 7) is 6.90. The lowest BCUT2D eigenvalue weighted by Crippen LogP contribution is -2.46. The minimum absolute atomic E-state index is 0.231. The van der Waals surface area contributed by atoms with Crippen LogP contribution in [0.1, 0.15) is 52.4 Å². The summed E-state index contributed by atoms with van der Waals surface area (Å²) in [5.41, 5.74) is 0.231. The molecular formula is C14H27NO2. The molecular weight excluding hydrogens is 214 g/mol. The summed E-state index contributed by atoms with van der Waals surface area (Å²) in [6.07, 6.45) is 7.94. The van der Waals surface area contributed by atoms with Crippen LogP contribution >= 0.6 is 0 Å². The highest BCUT2D eigenvalue weighted by atomic mass is 16.5. The van der Waals surface area contributed by atoms with Gasteiger partial charge < -0.3 is 14.8 Å². The average Bonchev–Trinajstić information content (AvgIpc) is 2.73. The third-order valence-electron chi connectivity index (χ3n) is 3.99. The molecule has 0 bridgehead atoms. The Morgan fingerprint density at radius 1 is 1.35 bits per heavy atom. The van der Waals surface area contributed by atoms with Crippen molar-refractivity contribution in [3.8, 4) is 0 Å². The van der Waals surface area contributed by atoms with E-state index in [1.165, 1.54) is 32.1 Å². The van der Waals surface area contributed by atoms with Crippen molar-refractivity contribution < 1.29 is 9.47 Å². The van der Waals surface area contributed by atoms with Crippen LogP contribution in [0.2, 0.25) is 0 Å². The third kappa shape index (κ3) is 3.94. The number of hydrogen-bond acceptors (Lipinski definition) is 3. The van der Waals surface area contributed by atoms with E-state index in [1.807, 2.05) is 0 Å². The molecule has 17 heavy (non-hydrogen) atoms. The summed E-state index contributed by atoms with van der Waals surface area (Å²) < 4.78 is 11.6. The third-order valence-corrected chi connectivity index (χ3v) is 3.99. The molecule has 1 aliphatic heterocycles. The van der Waals surface area contributed by atoms with Gasteiger partial charge >= 0.3 is 0 Å². The largest absolute Gasteiger partial charge is 0.377 e. The van der Waals surface area contributed by atoms with Gasteiger partial charge in [-0.05, 0) is 39.5 Å². The molecule has 3 heteroatoms. The van der Waals surface area contributed by atoms with Crippen LogP contribution in [0, 0.1) is 0 Å². The topological polar surface area (TPSA) is 30.5 Å². The van der Waals surface area contributed by atoms with Crippen molar-refractivity contribution in [2.24, 2.45) is 0 Å². The molecule has 1 spiro atoms. The molecule has 1 unspecified atom stereocenters. The van der Waals surface area contributed by atoms with Gasteiger partial charge in [0.1, 0.15) is 0 Å². The van der Waals surface area contributed by atoms with E-state index >= 15 is 0 Å². The Kier molecular flexibility index (Phi) is 4.83. The lowest BCUT2D eigenvalue weighted by molar-refractivity contribution is -0.0842. The number of ether oxygens (including phenoxy) is 2. The Labute approximate surface area is 105 Å². The normalized spacial score (nSPS) is 28.1. The maximum atomic E-state index is 6.03. The fourth-order valence-electron chi connectivity index (χ4n) is 3.13. The quantitative estimate of drug-likeness (QED) is 0.750. The fourth-order valence-corrected chi connectivity index (χ4v) is 3.13. The van der Waals surface area contributed by atoms with E-state index in [1.54, 1.807) is 0 Å². The maximum absolute atomic E-state index is 6.03. The molecule has 1 saturated carbocycles. The molecule has 1 heterocycles. The first kappa shape index (κ1) is 13.3. The smallest absolute Gasteiger partial charge is 0.0697 e. The van der Waals surface area contributed by atoms with E-state index in [2.05, 4.69) is 19.2 Å². The van der Waals surface area contributed by atoms with E-state index < -0.39 is 0 Å². The molecule has 2 fully saturated rings. The fraction of sp³-hybridized carbons (Fsp3) is 1.00. The predicted octanol–water partition coefficient (Wildman–Crippen LogP) is 2.49. The Morgan fingerprint density at radius 3 is 2.82 bits per heavy atom. The van der Waals surface area contributed by atoms with Crippen LogP contribution in [0.25, 0.3) is 0 Å². The molecule has 0 aromatic rings. The molecule has 2 aliphatic rings. The Morgan fingerprint density at radius 2 is 2.12 bits per heavy atom. The first-order valence-corrected chi connectivity index (χ1v) is 7.19. The molecule has 3 nitrogen and oxygen atoms in total. The van der Waals surface area contributed by atoms with Crippen molar-refractivity contribution in [3.05, 3.63) is 0 Å². The van der Waals surface area contributed by atoms with Gasteiger partial charge in [0, 0.05) is 19.2 Å². The zero-order valence-electron chi connectivity index (χ0n) is 11.3. The van der Waals surface area contributed by atoms with Crippen LogP contribution < -0.4 is 5.32 Å². The van der Waals surface area contributed by atoms with Crippen molar-refractivity contribution in [1.82, 2.24) is 5.32 Å². The van der Waals surface area contributed by atoms with Crippen molar-refractivity contribution >= 4 is 0 Å². The van der Waals surface area contributed by atoms with E-state index in [4.69, 9.17) is 9.47 Å². The zero-order chi connectivity index (χ0) is 12.1. The van der Waals surface area contributed by atoms with Crippen LogP contribution in [0.3, 0.4) is 0 Å². The van der Waals surface area contributed by atoms with Crippen LogP contribution in [-0.4, -0.2) is 37.5 Å². The van der Waals surface area contributed by atoms with Gasteiger partial charge in [-0.3, -0.25) is 0 Å². The van der Waals surface area contributed by atoms with Crippen molar-refractivity contribution in [2.45, 2.75) is 70.1 Å². The Balaban J connectivity index is 1.67. The van der Waals surface area contributed by atoms with Gasteiger partial charge in [0.15, 0.2) is 0 Å². The molecule has 0 aromatic carbocycles. The van der Waals surface area contributed by atoms with E-state index in [0.717, 1.165) is 26.2 Å². The number of hydrogen-bond donors (Lipinski definition) is 1. The summed E-state index contributed by atoms with van der Waals surface area (Å²) in [7, 11) is 0. The van der Waals surface area contributed by atoms with Gasteiger partial charge in [0.2, 0.25) is 0 Å². The molecule has 2 rings (SSSR count). The lowest BCUT2D eigenvalue weighted by atomic mass is 9.89. The van der Waals surface area contributed by atoms with Crippen molar-refractivity contribution in [1.29, 1.82) is 0 Å². The van der Waals surface area contributed by atoms with Gasteiger partial charge in [0.05, 0.1) is 18.3 Å². The van der Waals surface area contributed by atoms with E-state index in [9.17, 15) is 0 Å². The summed E-state index contributed by atoms with van der Waals surface area (Å²) in [4.78, 5) is 0. The second-order valence-electron chi connectivity index (χ2n) is 5.80. The summed E-state index contributed by atoms with van der Waals surface area (Å²) >= 11 is 0. The second-order valence-corrected chi connectivity index (χ2v) is 5.80. The molecule has 1 aliphatic carbocycles. The highest BCUT2D eigenvalue weighted by Gasteiger charge is 2.39. The van der Waals surface area contributed by atoms with Crippen molar-refractivity contribution in [3.63, 3.8) is 0 Å². The van der Waals surface area contributed by atoms with Crippen LogP contribution in [0.15, 0.2) is 0 Å². The standard InChI is InChI=1S/C14H27NO2/c1-12(2)16-10-8-15-13-5-9-17-14(11-13)6-3-4-7-14/h12-13,15H,3-11H2,1-2H3. The molecule has 1 atom stereocenters. The second kappa shape index (κ2) is 6.17. The van der Waals surface area contributed by atoms with Crippen LogP contribution in [-0.2, 0) is 9.47 Å². The zero-order valence-corrected chi connectivity index (χ0v) is 11.3. The monoisotopic (exact) mass is 241 g/mol. The van der Waals surface area contributed by atoms with Gasteiger partial charge in [-0.2, -0.15) is 0 Å².